The Morgan fingerprint density at radius 3 is 2.57 bits per heavy atom. The zero-order valence-electron chi connectivity index (χ0n) is 14.3. The molecule has 9 heteroatoms. The summed E-state index contributed by atoms with van der Waals surface area (Å²) in [6.45, 7) is -0.350. The number of aromatic carboxylic acids is 1. The van der Waals surface area contributed by atoms with Crippen LogP contribution >= 0.6 is 24.0 Å². The van der Waals surface area contributed by atoms with Gasteiger partial charge in [0.15, 0.2) is 0 Å². The molecule has 1 heterocycles. The lowest BCUT2D eigenvalue weighted by Gasteiger charge is -2.15. The van der Waals surface area contributed by atoms with Crippen molar-refractivity contribution < 1.29 is 24.6 Å². The number of carbonyl (C=O) groups is 3. The number of aromatic hydroxyl groups is 1. The summed E-state index contributed by atoms with van der Waals surface area (Å²) in [5, 5.41) is 21.0. The quantitative estimate of drug-likeness (QED) is 0.392. The average molecular weight is 414 g/mol. The normalized spacial score (nSPS) is 15.1. The number of nitrogens with one attached hydrogen (secondary N) is 1. The number of carboxylic acids is 1. The maximum absolute atomic E-state index is 12.6. The van der Waals surface area contributed by atoms with Gasteiger partial charge in [-0.15, -0.1) is 0 Å². The summed E-state index contributed by atoms with van der Waals surface area (Å²) in [7, 11) is 0. The lowest BCUT2D eigenvalue weighted by Crippen LogP contribution is -2.36. The minimum atomic E-state index is -1.30. The van der Waals surface area contributed by atoms with E-state index in [1.54, 1.807) is 6.08 Å². The molecule has 3 N–H and O–H groups in total. The molecule has 1 fully saturated rings. The molecular weight excluding hydrogens is 400 g/mol. The largest absolute Gasteiger partial charge is 0.508 e. The molecule has 1 saturated heterocycles. The maximum atomic E-state index is 12.6. The van der Waals surface area contributed by atoms with Gasteiger partial charge in [0, 0.05) is 0 Å². The summed E-state index contributed by atoms with van der Waals surface area (Å²) in [6.07, 6.45) is 1.69. The van der Waals surface area contributed by atoms with Gasteiger partial charge in [-0.1, -0.05) is 54.3 Å². The molecule has 0 aromatic heterocycles. The van der Waals surface area contributed by atoms with Gasteiger partial charge in [0.1, 0.15) is 16.6 Å². The van der Waals surface area contributed by atoms with Gasteiger partial charge >= 0.3 is 5.97 Å². The first-order valence-electron chi connectivity index (χ1n) is 8.02. The highest BCUT2D eigenvalue weighted by Gasteiger charge is 2.33. The second-order valence-corrected chi connectivity index (χ2v) is 7.44. The van der Waals surface area contributed by atoms with Crippen molar-refractivity contribution >= 4 is 57.8 Å². The van der Waals surface area contributed by atoms with Gasteiger partial charge < -0.3 is 15.5 Å². The summed E-state index contributed by atoms with van der Waals surface area (Å²) in [4.78, 5) is 37.7. The van der Waals surface area contributed by atoms with Gasteiger partial charge in [-0.3, -0.25) is 14.5 Å². The van der Waals surface area contributed by atoms with Crippen LogP contribution in [0.3, 0.4) is 0 Å². The molecule has 142 valence electrons. The van der Waals surface area contributed by atoms with E-state index in [0.29, 0.717) is 4.91 Å². The van der Waals surface area contributed by atoms with Crippen LogP contribution < -0.4 is 5.32 Å². The van der Waals surface area contributed by atoms with Crippen molar-refractivity contribution in [3.05, 3.63) is 64.6 Å². The molecule has 2 amide bonds. The Bertz CT molecular complexity index is 1000. The summed E-state index contributed by atoms with van der Waals surface area (Å²) in [5.74, 6) is -2.54. The smallest absolute Gasteiger partial charge is 0.337 e. The number of phenolic OH excluding ortho intramolecular Hbond substituents is 1. The van der Waals surface area contributed by atoms with E-state index in [1.807, 2.05) is 30.3 Å². The first kappa shape index (κ1) is 19.6. The van der Waals surface area contributed by atoms with E-state index < -0.39 is 17.8 Å². The van der Waals surface area contributed by atoms with Gasteiger partial charge in [-0.2, -0.15) is 0 Å². The number of amides is 2. The molecule has 0 radical (unpaired) electrons. The number of rotatable bonds is 5. The second kappa shape index (κ2) is 8.24. The SMILES string of the molecule is O=C(CN1C(=O)/C(=C/c2ccccc2)SC1=S)Nc1ccc(O)cc1C(=O)O. The van der Waals surface area contributed by atoms with Gasteiger partial charge in [0.2, 0.25) is 5.91 Å². The molecule has 1 aliphatic rings. The summed E-state index contributed by atoms with van der Waals surface area (Å²) < 4.78 is 0.242. The predicted octanol–water partition coefficient (Wildman–Crippen LogP) is 2.93. The Kier molecular flexibility index (Phi) is 5.76. The Balaban J connectivity index is 1.73. The molecule has 0 bridgehead atoms. The minimum Gasteiger partial charge on any atom is -0.508 e. The van der Waals surface area contributed by atoms with Crippen molar-refractivity contribution in [2.45, 2.75) is 0 Å². The molecule has 28 heavy (non-hydrogen) atoms. The van der Waals surface area contributed by atoms with Crippen molar-refractivity contribution in [2.24, 2.45) is 0 Å². The Hall–Kier alpha value is -3.17. The fraction of sp³-hybridized carbons (Fsp3) is 0.0526. The second-order valence-electron chi connectivity index (χ2n) is 5.76. The van der Waals surface area contributed by atoms with Crippen LogP contribution in [0.25, 0.3) is 6.08 Å². The van der Waals surface area contributed by atoms with Crippen molar-refractivity contribution in [3.63, 3.8) is 0 Å². The number of benzene rings is 2. The van der Waals surface area contributed by atoms with Crippen LogP contribution in [0.1, 0.15) is 15.9 Å². The number of thioether (sulfide) groups is 1. The van der Waals surface area contributed by atoms with Crippen LogP contribution in [-0.2, 0) is 9.59 Å². The molecule has 7 nitrogen and oxygen atoms in total. The fourth-order valence-corrected chi connectivity index (χ4v) is 3.74. The van der Waals surface area contributed by atoms with Crippen LogP contribution in [0.4, 0.5) is 5.69 Å². The number of carbonyl (C=O) groups excluding carboxylic acids is 2. The van der Waals surface area contributed by atoms with Crippen molar-refractivity contribution in [1.82, 2.24) is 4.90 Å². The third kappa shape index (κ3) is 4.38. The summed E-state index contributed by atoms with van der Waals surface area (Å²) >= 11 is 6.30. The Labute approximate surface area is 169 Å². The first-order chi connectivity index (χ1) is 13.3. The zero-order chi connectivity index (χ0) is 20.3. The number of carboxylic acid groups (broad SMARTS) is 1. The molecule has 0 unspecified atom stereocenters. The monoisotopic (exact) mass is 414 g/mol. The number of anilines is 1. The maximum Gasteiger partial charge on any atom is 0.337 e. The van der Waals surface area contributed by atoms with Gasteiger partial charge in [0.05, 0.1) is 16.2 Å². The molecule has 0 aliphatic carbocycles. The topological polar surface area (TPSA) is 107 Å². The van der Waals surface area contributed by atoms with Crippen molar-refractivity contribution in [1.29, 1.82) is 0 Å². The van der Waals surface area contributed by atoms with Gasteiger partial charge in [-0.05, 0) is 29.8 Å². The molecule has 1 aliphatic heterocycles. The summed E-state index contributed by atoms with van der Waals surface area (Å²) in [6, 6.07) is 12.8. The van der Waals surface area contributed by atoms with E-state index >= 15 is 0 Å². The molecule has 2 aromatic carbocycles. The predicted molar refractivity (Wildman–Crippen MR) is 110 cm³/mol. The summed E-state index contributed by atoms with van der Waals surface area (Å²) in [5.41, 5.74) is 0.589. The van der Waals surface area contributed by atoms with Crippen molar-refractivity contribution in [2.75, 3.05) is 11.9 Å². The molecular formula is C19H14N2O5S2. The Morgan fingerprint density at radius 1 is 1.18 bits per heavy atom. The molecule has 2 aromatic rings. The zero-order valence-corrected chi connectivity index (χ0v) is 15.9. The molecule has 0 saturated carbocycles. The first-order valence-corrected chi connectivity index (χ1v) is 9.24. The van der Waals surface area contributed by atoms with E-state index in [-0.39, 0.29) is 27.9 Å². The van der Waals surface area contributed by atoms with Gasteiger partial charge in [0.25, 0.3) is 5.91 Å². The van der Waals surface area contributed by atoms with Crippen LogP contribution in [0, 0.1) is 0 Å². The van der Waals surface area contributed by atoms with Crippen LogP contribution in [0.5, 0.6) is 5.75 Å². The van der Waals surface area contributed by atoms with E-state index in [0.717, 1.165) is 28.3 Å². The van der Waals surface area contributed by atoms with E-state index in [4.69, 9.17) is 12.2 Å². The fourth-order valence-electron chi connectivity index (χ4n) is 2.49. The van der Waals surface area contributed by atoms with Crippen LogP contribution in [0.15, 0.2) is 53.4 Å². The molecule has 3 rings (SSSR count). The lowest BCUT2D eigenvalue weighted by atomic mass is 10.1. The van der Waals surface area contributed by atoms with E-state index in [1.165, 1.54) is 12.1 Å². The van der Waals surface area contributed by atoms with Crippen LogP contribution in [0.2, 0.25) is 0 Å². The van der Waals surface area contributed by atoms with Crippen LogP contribution in [-0.4, -0.2) is 43.8 Å². The van der Waals surface area contributed by atoms with E-state index in [2.05, 4.69) is 5.32 Å². The standard InChI is InChI=1S/C19H14N2O5S2/c22-12-6-7-14(13(9-12)18(25)26)20-16(23)10-21-17(24)15(28-19(21)27)8-11-4-2-1-3-5-11/h1-9,22H,10H2,(H,20,23)(H,25,26)/b15-8-. The number of hydrogen-bond donors (Lipinski definition) is 3. The minimum absolute atomic E-state index is 0.0144. The van der Waals surface area contributed by atoms with Crippen molar-refractivity contribution in [3.8, 4) is 5.75 Å². The highest BCUT2D eigenvalue weighted by atomic mass is 32.2. The lowest BCUT2D eigenvalue weighted by molar-refractivity contribution is -0.126. The number of phenols is 1. The average Bonchev–Trinajstić information content (AvgIpc) is 2.91. The molecule has 0 atom stereocenters. The third-order valence-corrected chi connectivity index (χ3v) is 5.16. The highest BCUT2D eigenvalue weighted by Crippen LogP contribution is 2.32. The number of hydrogen-bond acceptors (Lipinski definition) is 6. The Morgan fingerprint density at radius 2 is 1.89 bits per heavy atom. The molecule has 0 spiro atoms. The third-order valence-electron chi connectivity index (χ3n) is 3.78. The number of thiocarbonyl (C=S) groups is 1. The van der Waals surface area contributed by atoms with Gasteiger partial charge in [-0.25, -0.2) is 4.79 Å². The highest BCUT2D eigenvalue weighted by molar-refractivity contribution is 8.26. The number of nitrogens with zero attached hydrogens (tertiary/aromatic N) is 1. The van der Waals surface area contributed by atoms with E-state index in [9.17, 15) is 24.6 Å².